The first-order valence-corrected chi connectivity index (χ1v) is 7.40. The molecule has 0 aromatic heterocycles. The van der Waals surface area contributed by atoms with Crippen LogP contribution in [0.15, 0.2) is 18.2 Å². The summed E-state index contributed by atoms with van der Waals surface area (Å²) in [5.74, 6) is -0.993. The Morgan fingerprint density at radius 1 is 1.33 bits per heavy atom. The van der Waals surface area contributed by atoms with Crippen LogP contribution >= 0.6 is 11.6 Å². The molecule has 1 aromatic carbocycles. The van der Waals surface area contributed by atoms with Gasteiger partial charge in [-0.15, -0.1) is 0 Å². The number of carbonyl (C=O) groups excluding carboxylic acids is 1. The molecule has 5 nitrogen and oxygen atoms in total. The zero-order valence-corrected chi connectivity index (χ0v) is 12.4. The van der Waals surface area contributed by atoms with Gasteiger partial charge in [0.2, 0.25) is 0 Å². The van der Waals surface area contributed by atoms with Crippen LogP contribution in [0.2, 0.25) is 5.02 Å². The van der Waals surface area contributed by atoms with Gasteiger partial charge in [-0.25, -0.2) is 4.79 Å². The minimum absolute atomic E-state index is 0.0423. The molecule has 0 amide bonds. The maximum absolute atomic E-state index is 12.3. The van der Waals surface area contributed by atoms with E-state index in [2.05, 4.69) is 0 Å². The second-order valence-electron chi connectivity index (χ2n) is 4.20. The summed E-state index contributed by atoms with van der Waals surface area (Å²) in [6.45, 7) is 3.06. The Morgan fingerprint density at radius 3 is 2.38 bits per heavy atom. The molecule has 0 saturated heterocycles. The number of rotatable bonds is 4. The van der Waals surface area contributed by atoms with E-state index in [0.29, 0.717) is 0 Å². The van der Waals surface area contributed by atoms with E-state index in [0.717, 1.165) is 18.2 Å². The van der Waals surface area contributed by atoms with Gasteiger partial charge in [0.1, 0.15) is 0 Å². The first kappa shape index (κ1) is 17.6. The highest BCUT2D eigenvalue weighted by Crippen LogP contribution is 2.28. The Kier molecular flexibility index (Phi) is 5.11. The van der Waals surface area contributed by atoms with Gasteiger partial charge in [0, 0.05) is 5.02 Å². The highest BCUT2D eigenvalue weighted by molar-refractivity contribution is 7.93. The Morgan fingerprint density at radius 2 is 1.90 bits per heavy atom. The third kappa shape index (κ3) is 4.50. The highest BCUT2D eigenvalue weighted by Gasteiger charge is 2.46. The van der Waals surface area contributed by atoms with Crippen LogP contribution in [0.5, 0.6) is 0 Å². The molecule has 0 aliphatic heterocycles. The minimum Gasteiger partial charge on any atom is -0.459 e. The van der Waals surface area contributed by atoms with Gasteiger partial charge in [0.05, 0.1) is 17.4 Å². The zero-order valence-electron chi connectivity index (χ0n) is 10.9. The molecule has 0 aliphatic carbocycles. The Balaban J connectivity index is 3.23. The molecule has 10 heteroatoms. The van der Waals surface area contributed by atoms with E-state index in [9.17, 15) is 26.4 Å². The first-order chi connectivity index (χ1) is 9.44. The van der Waals surface area contributed by atoms with Crippen molar-refractivity contribution in [2.45, 2.75) is 25.5 Å². The number of hydrogen-bond donors (Lipinski definition) is 1. The number of sulfonamides is 1. The zero-order chi connectivity index (χ0) is 16.4. The second kappa shape index (κ2) is 6.10. The number of anilines is 1. The number of halogens is 4. The maximum Gasteiger partial charge on any atom is 0.516 e. The fourth-order valence-corrected chi connectivity index (χ4v) is 2.01. The van der Waals surface area contributed by atoms with Crippen molar-refractivity contribution in [2.24, 2.45) is 0 Å². The van der Waals surface area contributed by atoms with E-state index in [1.54, 1.807) is 0 Å². The number of ether oxygens (including phenoxy) is 1. The van der Waals surface area contributed by atoms with E-state index in [1.807, 2.05) is 0 Å². The lowest BCUT2D eigenvalue weighted by molar-refractivity contribution is -0.0429. The first-order valence-electron chi connectivity index (χ1n) is 5.53. The number of alkyl halides is 3. The normalized spacial score (nSPS) is 12.3. The average molecular weight is 346 g/mol. The van der Waals surface area contributed by atoms with E-state index < -0.39 is 38.9 Å². The van der Waals surface area contributed by atoms with Crippen molar-refractivity contribution < 1.29 is 31.1 Å². The molecule has 1 N–H and O–H groups in total. The van der Waals surface area contributed by atoms with Crippen LogP contribution in [0, 0.1) is 0 Å². The second-order valence-corrected chi connectivity index (χ2v) is 6.31. The lowest BCUT2D eigenvalue weighted by Crippen LogP contribution is -2.30. The smallest absolute Gasteiger partial charge is 0.459 e. The van der Waals surface area contributed by atoms with Crippen LogP contribution in [-0.4, -0.2) is 26.0 Å². The number of benzene rings is 1. The minimum atomic E-state index is -5.65. The molecule has 0 heterocycles. The van der Waals surface area contributed by atoms with Crippen molar-refractivity contribution >= 4 is 33.3 Å². The lowest BCUT2D eigenvalue weighted by atomic mass is 10.2. The summed E-state index contributed by atoms with van der Waals surface area (Å²) in [5, 5.41) is 0.0423. The topological polar surface area (TPSA) is 72.5 Å². The maximum atomic E-state index is 12.3. The molecule has 21 heavy (non-hydrogen) atoms. The van der Waals surface area contributed by atoms with Gasteiger partial charge in [-0.05, 0) is 32.0 Å². The monoisotopic (exact) mass is 345 g/mol. The van der Waals surface area contributed by atoms with Gasteiger partial charge in [-0.3, -0.25) is 4.72 Å². The number of esters is 1. The van der Waals surface area contributed by atoms with Crippen LogP contribution in [0.3, 0.4) is 0 Å². The molecule has 0 unspecified atom stereocenters. The summed E-state index contributed by atoms with van der Waals surface area (Å²) < 4.78 is 65.3. The van der Waals surface area contributed by atoms with Crippen molar-refractivity contribution in [3.63, 3.8) is 0 Å². The Labute approximate surface area is 124 Å². The molecule has 0 saturated carbocycles. The van der Waals surface area contributed by atoms with Crippen LogP contribution in [0.4, 0.5) is 18.9 Å². The van der Waals surface area contributed by atoms with E-state index in [4.69, 9.17) is 16.3 Å². The fourth-order valence-electron chi connectivity index (χ4n) is 1.25. The van der Waals surface area contributed by atoms with Crippen LogP contribution in [-0.2, 0) is 14.8 Å². The van der Waals surface area contributed by atoms with Crippen LogP contribution < -0.4 is 4.72 Å². The molecular weight excluding hydrogens is 335 g/mol. The SMILES string of the molecule is CC(C)OC(=O)c1cc(Cl)ccc1NS(=O)(=O)C(F)(F)F. The van der Waals surface area contributed by atoms with E-state index in [1.165, 1.54) is 18.6 Å². The van der Waals surface area contributed by atoms with Crippen molar-refractivity contribution in [3.8, 4) is 0 Å². The predicted molar refractivity (Wildman–Crippen MR) is 70.6 cm³/mol. The molecule has 0 fully saturated rings. The Bertz CT molecular complexity index is 643. The molecular formula is C11H11ClF3NO4S. The summed E-state index contributed by atoms with van der Waals surface area (Å²) in [7, 11) is -5.65. The number of carbonyl (C=O) groups is 1. The molecule has 1 rings (SSSR count). The molecule has 0 bridgehead atoms. The van der Waals surface area contributed by atoms with Crippen molar-refractivity contribution in [1.29, 1.82) is 0 Å². The van der Waals surface area contributed by atoms with Crippen molar-refractivity contribution in [1.82, 2.24) is 0 Å². The molecule has 0 spiro atoms. The largest absolute Gasteiger partial charge is 0.516 e. The van der Waals surface area contributed by atoms with Crippen LogP contribution in [0.1, 0.15) is 24.2 Å². The van der Waals surface area contributed by atoms with Gasteiger partial charge in [0.25, 0.3) is 0 Å². The van der Waals surface area contributed by atoms with Crippen molar-refractivity contribution in [3.05, 3.63) is 28.8 Å². The third-order valence-corrected chi connectivity index (χ3v) is 3.43. The standard InChI is InChI=1S/C11H11ClF3NO4S/c1-6(2)20-10(17)8-5-7(12)3-4-9(8)16-21(18,19)11(13,14)15/h3-6,16H,1-2H3. The molecule has 118 valence electrons. The third-order valence-electron chi connectivity index (χ3n) is 2.09. The number of nitrogens with one attached hydrogen (secondary N) is 1. The summed E-state index contributed by atoms with van der Waals surface area (Å²) in [6, 6.07) is 3.10. The molecule has 1 aromatic rings. The molecule has 0 atom stereocenters. The molecule has 0 aliphatic rings. The van der Waals surface area contributed by atoms with E-state index >= 15 is 0 Å². The summed E-state index contributed by atoms with van der Waals surface area (Å²) >= 11 is 5.65. The summed E-state index contributed by atoms with van der Waals surface area (Å²) in [4.78, 5) is 11.8. The number of hydrogen-bond acceptors (Lipinski definition) is 4. The van der Waals surface area contributed by atoms with Gasteiger partial charge in [-0.2, -0.15) is 21.6 Å². The highest BCUT2D eigenvalue weighted by atomic mass is 35.5. The van der Waals surface area contributed by atoms with Gasteiger partial charge in [-0.1, -0.05) is 11.6 Å². The quantitative estimate of drug-likeness (QED) is 0.851. The van der Waals surface area contributed by atoms with E-state index in [-0.39, 0.29) is 5.02 Å². The average Bonchev–Trinajstić information content (AvgIpc) is 2.28. The lowest BCUT2D eigenvalue weighted by Gasteiger charge is -2.15. The summed E-state index contributed by atoms with van der Waals surface area (Å²) in [6.07, 6.45) is -0.538. The van der Waals surface area contributed by atoms with Gasteiger partial charge in [0.15, 0.2) is 0 Å². The Hall–Kier alpha value is -1.48. The van der Waals surface area contributed by atoms with Gasteiger partial charge < -0.3 is 4.74 Å². The van der Waals surface area contributed by atoms with Gasteiger partial charge >= 0.3 is 21.5 Å². The predicted octanol–water partition coefficient (Wildman–Crippen LogP) is 3.17. The summed E-state index contributed by atoms with van der Waals surface area (Å²) in [5.41, 5.74) is -6.49. The molecule has 0 radical (unpaired) electrons. The van der Waals surface area contributed by atoms with Crippen molar-refractivity contribution in [2.75, 3.05) is 4.72 Å². The van der Waals surface area contributed by atoms with Crippen LogP contribution in [0.25, 0.3) is 0 Å². The fraction of sp³-hybridized carbons (Fsp3) is 0.364.